The van der Waals surface area contributed by atoms with Gasteiger partial charge in [-0.1, -0.05) is 6.07 Å². The second kappa shape index (κ2) is 5.39. The summed E-state index contributed by atoms with van der Waals surface area (Å²) in [4.78, 5) is 32.0. The van der Waals surface area contributed by atoms with E-state index in [1.54, 1.807) is 24.3 Å². The largest absolute Gasteiger partial charge is 0.370 e. The van der Waals surface area contributed by atoms with Gasteiger partial charge < -0.3 is 17.2 Å². The second-order valence-electron chi connectivity index (χ2n) is 4.15. The molecule has 1 saturated heterocycles. The first-order valence-electron chi connectivity index (χ1n) is 5.87. The zero-order chi connectivity index (χ0) is 14.7. The van der Waals surface area contributed by atoms with Gasteiger partial charge in [0.2, 0.25) is 17.8 Å². The van der Waals surface area contributed by atoms with Gasteiger partial charge in [0, 0.05) is 12.8 Å². The Morgan fingerprint density at radius 1 is 1.10 bits per heavy atom. The lowest BCUT2D eigenvalue weighted by atomic mass is 10.2. The number of carbonyl (C=O) groups excluding carboxylic acids is 2. The van der Waals surface area contributed by atoms with Crippen LogP contribution in [0.3, 0.4) is 0 Å². The van der Waals surface area contributed by atoms with Gasteiger partial charge in [-0.05, 0) is 18.2 Å². The number of amides is 2. The van der Waals surface area contributed by atoms with E-state index in [9.17, 15) is 9.59 Å². The summed E-state index contributed by atoms with van der Waals surface area (Å²) in [6.07, 6.45) is 0.449. The molecule has 6 N–H and O–H groups in total. The Balaban J connectivity index is 2.31. The van der Waals surface area contributed by atoms with Crippen LogP contribution >= 0.6 is 0 Å². The van der Waals surface area contributed by atoms with E-state index in [0.29, 0.717) is 11.4 Å². The summed E-state index contributed by atoms with van der Waals surface area (Å²) in [6, 6.07) is 6.53. The van der Waals surface area contributed by atoms with E-state index in [-0.39, 0.29) is 36.6 Å². The number of hydrogen-bond donors (Lipinski definition) is 3. The van der Waals surface area contributed by atoms with Crippen molar-refractivity contribution >= 4 is 35.1 Å². The van der Waals surface area contributed by atoms with Crippen LogP contribution in [0, 0.1) is 0 Å². The van der Waals surface area contributed by atoms with Crippen LogP contribution in [-0.4, -0.2) is 23.7 Å². The number of imide groups is 1. The van der Waals surface area contributed by atoms with Gasteiger partial charge >= 0.3 is 0 Å². The highest BCUT2D eigenvalue weighted by Gasteiger charge is 2.30. The number of carbonyl (C=O) groups is 2. The molecule has 1 heterocycles. The Kier molecular flexibility index (Phi) is 3.65. The number of aliphatic imine (C=N–C) groups is 2. The average Bonchev–Trinajstić information content (AvgIpc) is 2.68. The minimum Gasteiger partial charge on any atom is -0.370 e. The molecular weight excluding hydrogens is 260 g/mol. The molecule has 0 spiro atoms. The molecule has 1 aliphatic heterocycles. The van der Waals surface area contributed by atoms with Crippen molar-refractivity contribution in [3.05, 3.63) is 24.3 Å². The van der Waals surface area contributed by atoms with Gasteiger partial charge in [0.15, 0.2) is 5.96 Å². The first-order chi connectivity index (χ1) is 9.47. The Morgan fingerprint density at radius 2 is 1.75 bits per heavy atom. The van der Waals surface area contributed by atoms with Crippen molar-refractivity contribution < 1.29 is 9.59 Å². The molecule has 8 nitrogen and oxygen atoms in total. The number of benzene rings is 1. The number of nitrogens with two attached hydrogens (primary N) is 3. The van der Waals surface area contributed by atoms with Gasteiger partial charge in [0.25, 0.3) is 0 Å². The number of anilines is 1. The molecule has 1 aliphatic rings. The van der Waals surface area contributed by atoms with Crippen LogP contribution in [0.2, 0.25) is 0 Å². The molecule has 0 saturated carbocycles. The molecule has 0 radical (unpaired) electrons. The maximum Gasteiger partial charge on any atom is 0.234 e. The van der Waals surface area contributed by atoms with Gasteiger partial charge in [0.1, 0.15) is 0 Å². The topological polar surface area (TPSA) is 140 Å². The third kappa shape index (κ3) is 2.91. The normalized spacial score (nSPS) is 15.6. The molecule has 0 bridgehead atoms. The van der Waals surface area contributed by atoms with Crippen molar-refractivity contribution in [2.45, 2.75) is 12.8 Å². The van der Waals surface area contributed by atoms with E-state index >= 15 is 0 Å². The summed E-state index contributed by atoms with van der Waals surface area (Å²) in [5, 5.41) is 0. The quantitative estimate of drug-likeness (QED) is 0.381. The van der Waals surface area contributed by atoms with Gasteiger partial charge in [-0.3, -0.25) is 14.5 Å². The average molecular weight is 274 g/mol. The molecule has 0 aromatic heterocycles. The number of guanidine groups is 2. The van der Waals surface area contributed by atoms with Crippen LogP contribution in [0.15, 0.2) is 34.3 Å². The fourth-order valence-corrected chi connectivity index (χ4v) is 1.86. The predicted octanol–water partition coefficient (Wildman–Crippen LogP) is -0.440. The van der Waals surface area contributed by atoms with E-state index in [4.69, 9.17) is 17.2 Å². The van der Waals surface area contributed by atoms with E-state index in [2.05, 4.69) is 9.98 Å². The third-order valence-corrected chi connectivity index (χ3v) is 2.63. The smallest absolute Gasteiger partial charge is 0.234 e. The molecule has 8 heteroatoms. The fraction of sp³-hybridized carbons (Fsp3) is 0.167. The van der Waals surface area contributed by atoms with Gasteiger partial charge in [0.05, 0.1) is 11.4 Å². The Hall–Kier alpha value is -2.90. The van der Waals surface area contributed by atoms with E-state index in [1.165, 1.54) is 0 Å². The lowest BCUT2D eigenvalue weighted by Gasteiger charge is -2.13. The maximum absolute atomic E-state index is 11.7. The third-order valence-electron chi connectivity index (χ3n) is 2.63. The predicted molar refractivity (Wildman–Crippen MR) is 75.3 cm³/mol. The van der Waals surface area contributed by atoms with Crippen molar-refractivity contribution in [1.82, 2.24) is 0 Å². The van der Waals surface area contributed by atoms with Crippen LogP contribution in [0.1, 0.15) is 12.8 Å². The van der Waals surface area contributed by atoms with Crippen LogP contribution in [0.5, 0.6) is 0 Å². The Bertz CT molecular complexity index is 602. The zero-order valence-corrected chi connectivity index (χ0v) is 10.6. The van der Waals surface area contributed by atoms with Gasteiger partial charge in [-0.15, -0.1) is 0 Å². The Labute approximate surface area is 115 Å². The lowest BCUT2D eigenvalue weighted by Crippen LogP contribution is -2.28. The highest BCUT2D eigenvalue weighted by Crippen LogP contribution is 2.26. The number of rotatable bonds is 2. The summed E-state index contributed by atoms with van der Waals surface area (Å²) in [5.74, 6) is -0.768. The Morgan fingerprint density at radius 3 is 2.35 bits per heavy atom. The number of nitrogens with zero attached hydrogens (tertiary/aromatic N) is 3. The van der Waals surface area contributed by atoms with Crippen LogP contribution in [0.4, 0.5) is 11.4 Å². The summed E-state index contributed by atoms with van der Waals surface area (Å²) >= 11 is 0. The lowest BCUT2D eigenvalue weighted by molar-refractivity contribution is -0.121. The van der Waals surface area contributed by atoms with Gasteiger partial charge in [-0.25, -0.2) is 4.99 Å². The molecule has 1 aromatic carbocycles. The van der Waals surface area contributed by atoms with Crippen LogP contribution in [-0.2, 0) is 9.59 Å². The van der Waals surface area contributed by atoms with E-state index in [0.717, 1.165) is 4.90 Å². The van der Waals surface area contributed by atoms with Gasteiger partial charge in [-0.2, -0.15) is 4.99 Å². The molecule has 0 unspecified atom stereocenters. The molecule has 1 aromatic rings. The van der Waals surface area contributed by atoms with Crippen molar-refractivity contribution in [2.24, 2.45) is 27.2 Å². The molecular formula is C12H14N6O2. The summed E-state index contributed by atoms with van der Waals surface area (Å²) in [6.45, 7) is 0. The molecule has 2 amide bonds. The first kappa shape index (κ1) is 13.5. The SMILES string of the molecule is NC(N)=NC(N)=Nc1cccc(N2C(=O)CCC2=O)c1. The summed E-state index contributed by atoms with van der Waals surface area (Å²) in [5.41, 5.74) is 16.8. The zero-order valence-electron chi connectivity index (χ0n) is 10.6. The standard InChI is InChI=1S/C12H14N6O2/c13-11(14)17-12(15)16-7-2-1-3-8(6-7)18-9(19)4-5-10(18)20/h1-3,6H,4-5H2,(H6,13,14,15,16,17). The molecule has 1 fully saturated rings. The molecule has 0 atom stereocenters. The minimum atomic E-state index is -0.228. The van der Waals surface area contributed by atoms with Crippen LogP contribution in [0.25, 0.3) is 0 Å². The van der Waals surface area contributed by atoms with E-state index < -0.39 is 0 Å². The second-order valence-corrected chi connectivity index (χ2v) is 4.15. The van der Waals surface area contributed by atoms with Crippen molar-refractivity contribution in [3.63, 3.8) is 0 Å². The monoisotopic (exact) mass is 274 g/mol. The molecule has 104 valence electrons. The van der Waals surface area contributed by atoms with Crippen molar-refractivity contribution in [3.8, 4) is 0 Å². The highest BCUT2D eigenvalue weighted by molar-refractivity contribution is 6.19. The number of hydrogen-bond acceptors (Lipinski definition) is 3. The molecule has 0 aliphatic carbocycles. The van der Waals surface area contributed by atoms with E-state index in [1.807, 2.05) is 0 Å². The maximum atomic E-state index is 11.7. The highest BCUT2D eigenvalue weighted by atomic mass is 16.2. The molecule has 20 heavy (non-hydrogen) atoms. The summed E-state index contributed by atoms with van der Waals surface area (Å²) < 4.78 is 0. The van der Waals surface area contributed by atoms with Crippen molar-refractivity contribution in [2.75, 3.05) is 4.90 Å². The van der Waals surface area contributed by atoms with Crippen molar-refractivity contribution in [1.29, 1.82) is 0 Å². The molecule has 2 rings (SSSR count). The first-order valence-corrected chi connectivity index (χ1v) is 5.87. The fourth-order valence-electron chi connectivity index (χ4n) is 1.86. The minimum absolute atomic E-state index is 0.110. The summed E-state index contributed by atoms with van der Waals surface area (Å²) in [7, 11) is 0. The van der Waals surface area contributed by atoms with Crippen LogP contribution < -0.4 is 22.1 Å².